The summed E-state index contributed by atoms with van der Waals surface area (Å²) in [6.07, 6.45) is 8.41. The Morgan fingerprint density at radius 2 is 2.04 bits per heavy atom. The molecular formula is C18H24N2O4. The minimum Gasteiger partial charge on any atom is -0.467 e. The first kappa shape index (κ1) is 15.7. The molecule has 2 amide bonds. The number of carbonyl (C=O) groups excluding carboxylic acids is 2. The lowest BCUT2D eigenvalue weighted by molar-refractivity contribution is -0.161. The Labute approximate surface area is 141 Å². The van der Waals surface area contributed by atoms with Gasteiger partial charge in [0.2, 0.25) is 11.8 Å². The van der Waals surface area contributed by atoms with Crippen molar-refractivity contribution in [1.29, 1.82) is 0 Å². The predicted molar refractivity (Wildman–Crippen MR) is 85.7 cm³/mol. The summed E-state index contributed by atoms with van der Waals surface area (Å²) in [5, 5.41) is 2.89. The van der Waals surface area contributed by atoms with Gasteiger partial charge in [-0.1, -0.05) is 6.42 Å². The molecule has 1 aliphatic heterocycles. The van der Waals surface area contributed by atoms with Gasteiger partial charge in [0.15, 0.2) is 0 Å². The van der Waals surface area contributed by atoms with E-state index in [0.29, 0.717) is 18.9 Å². The van der Waals surface area contributed by atoms with Gasteiger partial charge in [0.25, 0.3) is 0 Å². The zero-order chi connectivity index (χ0) is 16.6. The van der Waals surface area contributed by atoms with E-state index in [9.17, 15) is 9.59 Å². The van der Waals surface area contributed by atoms with Crippen molar-refractivity contribution in [3.05, 3.63) is 24.2 Å². The third-order valence-corrected chi connectivity index (χ3v) is 5.38. The largest absolute Gasteiger partial charge is 0.467 e. The van der Waals surface area contributed by atoms with Crippen LogP contribution in [0.4, 0.5) is 0 Å². The van der Waals surface area contributed by atoms with Crippen molar-refractivity contribution in [2.24, 2.45) is 5.92 Å². The fourth-order valence-corrected chi connectivity index (χ4v) is 3.93. The molecule has 6 heteroatoms. The molecule has 2 saturated carbocycles. The van der Waals surface area contributed by atoms with Crippen LogP contribution in [0, 0.1) is 5.92 Å². The number of ether oxygens (including phenoxy) is 1. The highest BCUT2D eigenvalue weighted by Gasteiger charge is 2.54. The van der Waals surface area contributed by atoms with Crippen molar-refractivity contribution in [2.45, 2.75) is 63.3 Å². The standard InChI is InChI=1S/C18H24N2O4/c21-16(19-11-14-5-4-10-23-14)15-12-24-18(8-2-1-3-9-18)20(15)17(22)13-6-7-13/h4-5,10,13,15H,1-3,6-9,11-12H2,(H,19,21)/t15-/m1/s1. The van der Waals surface area contributed by atoms with E-state index in [2.05, 4.69) is 5.32 Å². The highest BCUT2D eigenvalue weighted by molar-refractivity contribution is 5.90. The van der Waals surface area contributed by atoms with Gasteiger partial charge in [-0.2, -0.15) is 0 Å². The molecule has 0 aromatic carbocycles. The van der Waals surface area contributed by atoms with Crippen molar-refractivity contribution in [3.63, 3.8) is 0 Å². The first-order valence-electron chi connectivity index (χ1n) is 8.97. The highest BCUT2D eigenvalue weighted by Crippen LogP contribution is 2.44. The lowest BCUT2D eigenvalue weighted by Crippen LogP contribution is -2.56. The summed E-state index contributed by atoms with van der Waals surface area (Å²) in [5.74, 6) is 0.746. The van der Waals surface area contributed by atoms with Gasteiger partial charge >= 0.3 is 0 Å². The van der Waals surface area contributed by atoms with Crippen molar-refractivity contribution < 1.29 is 18.7 Å². The van der Waals surface area contributed by atoms with E-state index >= 15 is 0 Å². The van der Waals surface area contributed by atoms with Gasteiger partial charge in [-0.25, -0.2) is 0 Å². The van der Waals surface area contributed by atoms with Crippen LogP contribution in [-0.4, -0.2) is 35.1 Å². The van der Waals surface area contributed by atoms with Gasteiger partial charge < -0.3 is 14.5 Å². The normalized spacial score (nSPS) is 25.8. The SMILES string of the molecule is O=C(NCc1ccco1)[C@H]1COC2(CCCCC2)N1C(=O)C1CC1. The molecule has 1 aromatic rings. The van der Waals surface area contributed by atoms with E-state index in [1.165, 1.54) is 6.42 Å². The summed E-state index contributed by atoms with van der Waals surface area (Å²) in [6.45, 7) is 0.628. The van der Waals surface area contributed by atoms with Crippen LogP contribution in [0.5, 0.6) is 0 Å². The van der Waals surface area contributed by atoms with Gasteiger partial charge in [0, 0.05) is 5.92 Å². The average molecular weight is 332 g/mol. The molecule has 3 fully saturated rings. The highest BCUT2D eigenvalue weighted by atomic mass is 16.5. The minimum absolute atomic E-state index is 0.0888. The number of hydrogen-bond donors (Lipinski definition) is 1. The van der Waals surface area contributed by atoms with Crippen LogP contribution in [0.1, 0.15) is 50.7 Å². The smallest absolute Gasteiger partial charge is 0.245 e. The van der Waals surface area contributed by atoms with Crippen molar-refractivity contribution in [3.8, 4) is 0 Å². The van der Waals surface area contributed by atoms with E-state index in [1.54, 1.807) is 17.2 Å². The summed E-state index contributed by atoms with van der Waals surface area (Å²) < 4.78 is 11.3. The Hall–Kier alpha value is -1.82. The minimum atomic E-state index is -0.551. The van der Waals surface area contributed by atoms with Crippen LogP contribution in [0.2, 0.25) is 0 Å². The van der Waals surface area contributed by atoms with Crippen LogP contribution in [-0.2, 0) is 20.9 Å². The van der Waals surface area contributed by atoms with Gasteiger partial charge in [0.05, 0.1) is 19.4 Å². The van der Waals surface area contributed by atoms with Gasteiger partial charge in [-0.15, -0.1) is 0 Å². The van der Waals surface area contributed by atoms with Gasteiger partial charge in [-0.05, 0) is 50.7 Å². The number of amides is 2. The molecule has 2 aliphatic carbocycles. The Morgan fingerprint density at radius 1 is 1.25 bits per heavy atom. The summed E-state index contributed by atoms with van der Waals surface area (Å²) in [7, 11) is 0. The molecule has 0 unspecified atom stereocenters. The molecule has 2 heterocycles. The van der Waals surface area contributed by atoms with E-state index in [0.717, 1.165) is 38.5 Å². The Morgan fingerprint density at radius 3 is 2.71 bits per heavy atom. The molecule has 1 saturated heterocycles. The summed E-state index contributed by atoms with van der Waals surface area (Å²) >= 11 is 0. The maximum absolute atomic E-state index is 12.9. The van der Waals surface area contributed by atoms with E-state index in [1.807, 2.05) is 6.07 Å². The second-order valence-corrected chi connectivity index (χ2v) is 7.11. The number of furan rings is 1. The molecule has 0 radical (unpaired) electrons. The van der Waals surface area contributed by atoms with Crippen molar-refractivity contribution in [1.82, 2.24) is 10.2 Å². The van der Waals surface area contributed by atoms with Gasteiger partial charge in [-0.3, -0.25) is 14.5 Å². The second-order valence-electron chi connectivity index (χ2n) is 7.11. The monoisotopic (exact) mass is 332 g/mol. The Bertz CT molecular complexity index is 603. The fraction of sp³-hybridized carbons (Fsp3) is 0.667. The molecule has 24 heavy (non-hydrogen) atoms. The van der Waals surface area contributed by atoms with Crippen LogP contribution >= 0.6 is 0 Å². The van der Waals surface area contributed by atoms with E-state index in [-0.39, 0.29) is 17.7 Å². The van der Waals surface area contributed by atoms with Crippen molar-refractivity contribution in [2.75, 3.05) is 6.61 Å². The molecule has 6 nitrogen and oxygen atoms in total. The number of rotatable bonds is 4. The Kier molecular flexibility index (Phi) is 4.08. The topological polar surface area (TPSA) is 71.8 Å². The van der Waals surface area contributed by atoms with E-state index in [4.69, 9.17) is 9.15 Å². The van der Waals surface area contributed by atoms with Crippen LogP contribution < -0.4 is 5.32 Å². The molecule has 4 rings (SSSR count). The second kappa shape index (κ2) is 6.24. The molecule has 1 atom stereocenters. The maximum Gasteiger partial charge on any atom is 0.245 e. The zero-order valence-electron chi connectivity index (χ0n) is 13.8. The van der Waals surface area contributed by atoms with Crippen LogP contribution in [0.15, 0.2) is 22.8 Å². The predicted octanol–water partition coefficient (Wildman–Crippen LogP) is 2.19. The number of carbonyl (C=O) groups is 2. The lowest BCUT2D eigenvalue weighted by atomic mass is 9.90. The molecule has 3 aliphatic rings. The molecule has 1 aromatic heterocycles. The maximum atomic E-state index is 12.9. The number of nitrogens with zero attached hydrogens (tertiary/aromatic N) is 1. The molecule has 1 N–H and O–H groups in total. The first-order chi connectivity index (χ1) is 11.7. The van der Waals surface area contributed by atoms with Crippen LogP contribution in [0.25, 0.3) is 0 Å². The quantitative estimate of drug-likeness (QED) is 0.917. The van der Waals surface area contributed by atoms with Crippen LogP contribution in [0.3, 0.4) is 0 Å². The zero-order valence-corrected chi connectivity index (χ0v) is 13.8. The van der Waals surface area contributed by atoms with Gasteiger partial charge in [0.1, 0.15) is 17.5 Å². The summed E-state index contributed by atoms with van der Waals surface area (Å²) in [6, 6.07) is 3.09. The lowest BCUT2D eigenvalue weighted by Gasteiger charge is -2.41. The first-order valence-corrected chi connectivity index (χ1v) is 8.97. The third kappa shape index (κ3) is 2.83. The fourth-order valence-electron chi connectivity index (χ4n) is 3.93. The van der Waals surface area contributed by atoms with Crippen molar-refractivity contribution >= 4 is 11.8 Å². The molecule has 1 spiro atoms. The third-order valence-electron chi connectivity index (χ3n) is 5.38. The molecular weight excluding hydrogens is 308 g/mol. The Balaban J connectivity index is 1.50. The average Bonchev–Trinajstić information content (AvgIpc) is 3.21. The molecule has 0 bridgehead atoms. The molecule has 130 valence electrons. The number of nitrogens with one attached hydrogen (secondary N) is 1. The summed E-state index contributed by atoms with van der Waals surface area (Å²) in [5.41, 5.74) is -0.551. The summed E-state index contributed by atoms with van der Waals surface area (Å²) in [4.78, 5) is 27.4. The van der Waals surface area contributed by atoms with E-state index < -0.39 is 11.8 Å². The number of hydrogen-bond acceptors (Lipinski definition) is 4.